The molecule has 0 aromatic heterocycles. The van der Waals surface area contributed by atoms with Gasteiger partial charge in [0.1, 0.15) is 6.17 Å². The van der Waals surface area contributed by atoms with Crippen LogP contribution in [0.4, 0.5) is 4.39 Å². The van der Waals surface area contributed by atoms with E-state index < -0.39 is 6.17 Å². The second-order valence-corrected chi connectivity index (χ2v) is 2.41. The zero-order chi connectivity index (χ0) is 5.98. The summed E-state index contributed by atoms with van der Waals surface area (Å²) < 4.78 is 12.2. The van der Waals surface area contributed by atoms with Crippen molar-refractivity contribution < 1.29 is 15.0 Å². The molecule has 1 rings (SSSR count). The van der Waals surface area contributed by atoms with Gasteiger partial charge in [0.15, 0.2) is 0 Å². The van der Waals surface area contributed by atoms with Crippen LogP contribution < -0.4 is 0 Å². The van der Waals surface area contributed by atoms with E-state index in [4.69, 9.17) is 5.11 Å². The van der Waals surface area contributed by atoms with E-state index in [1.165, 1.54) is 0 Å². The van der Waals surface area contributed by atoms with Gasteiger partial charge in [0.25, 0.3) is 0 Å². The van der Waals surface area contributed by atoms with Gasteiger partial charge in [-0.1, -0.05) is 0 Å². The van der Waals surface area contributed by atoms with E-state index in [-0.39, 0.29) is 11.6 Å². The van der Waals surface area contributed by atoms with Crippen LogP contribution in [0, 0.1) is 0 Å². The van der Waals surface area contributed by atoms with Gasteiger partial charge in [0, 0.05) is 0 Å². The molecule has 0 aromatic carbocycles. The van der Waals surface area contributed by atoms with E-state index in [9.17, 15) is 4.39 Å². The van der Waals surface area contributed by atoms with Gasteiger partial charge in [0.2, 0.25) is 0 Å². The Bertz CT molecular complexity index is 59.5. The molecular weight excluding hydrogens is 123 g/mol. The highest BCUT2D eigenvalue weighted by molar-refractivity contribution is 4.69. The Morgan fingerprint density at radius 2 is 1.56 bits per heavy atom. The van der Waals surface area contributed by atoms with Crippen LogP contribution in [-0.4, -0.2) is 22.9 Å². The number of rotatable bonds is 0. The zero-order valence-corrected chi connectivity index (χ0v) is 5.31. The number of aliphatic hydroxyl groups is 1. The molecule has 1 aliphatic rings. The van der Waals surface area contributed by atoms with Crippen LogP contribution in [0.15, 0.2) is 0 Å². The van der Waals surface area contributed by atoms with Crippen LogP contribution in [0.1, 0.15) is 25.7 Å². The number of hydrogen-bond donors (Lipinski definition) is 1. The molecule has 1 saturated carbocycles. The van der Waals surface area contributed by atoms with Crippen molar-refractivity contribution in [1.29, 1.82) is 0 Å². The number of hydrogen-bond acceptors (Lipinski definition) is 1. The van der Waals surface area contributed by atoms with Gasteiger partial charge in [-0.3, -0.25) is 0 Å². The molecule has 1 aliphatic carbocycles. The normalized spacial score (nSPS) is 35.3. The fraction of sp³-hybridized carbons (Fsp3) is 1.00. The van der Waals surface area contributed by atoms with Gasteiger partial charge in [-0.05, 0) is 25.7 Å². The lowest BCUT2D eigenvalue weighted by Crippen LogP contribution is -2.18. The highest BCUT2D eigenvalue weighted by atomic mass is 19.1. The molecule has 1 fully saturated rings. The minimum atomic E-state index is -0.640. The van der Waals surface area contributed by atoms with Crippen LogP contribution in [0.2, 0.25) is 0 Å². The second-order valence-electron chi connectivity index (χ2n) is 2.41. The number of alkyl halides is 1. The smallest absolute Gasteiger partial charge is 0.100 e. The Morgan fingerprint density at radius 3 is 1.89 bits per heavy atom. The largest absolute Gasteiger partial charge is 0.412 e. The molecule has 0 bridgehead atoms. The molecule has 0 aliphatic heterocycles. The molecule has 3 N–H and O–H groups in total. The van der Waals surface area contributed by atoms with E-state index in [1.54, 1.807) is 0 Å². The minimum Gasteiger partial charge on any atom is -0.412 e. The van der Waals surface area contributed by atoms with Crippen molar-refractivity contribution in [2.45, 2.75) is 38.0 Å². The fourth-order valence-corrected chi connectivity index (χ4v) is 1.04. The predicted octanol–water partition coefficient (Wildman–Crippen LogP) is 0.435. The summed E-state index contributed by atoms with van der Waals surface area (Å²) in [5, 5.41) is 8.86. The van der Waals surface area contributed by atoms with Crippen molar-refractivity contribution in [2.24, 2.45) is 0 Å². The molecule has 2 nitrogen and oxygen atoms in total. The van der Waals surface area contributed by atoms with Gasteiger partial charge in [-0.15, -0.1) is 0 Å². The van der Waals surface area contributed by atoms with Crippen molar-refractivity contribution >= 4 is 0 Å². The van der Waals surface area contributed by atoms with Gasteiger partial charge in [0.05, 0.1) is 6.10 Å². The number of halogens is 1. The van der Waals surface area contributed by atoms with Gasteiger partial charge >= 0.3 is 0 Å². The van der Waals surface area contributed by atoms with Crippen LogP contribution in [0.25, 0.3) is 0 Å². The van der Waals surface area contributed by atoms with Crippen LogP contribution in [0.5, 0.6) is 0 Å². The Hall–Kier alpha value is -0.150. The SMILES string of the molecule is O.OC1CCC(F)CC1. The zero-order valence-electron chi connectivity index (χ0n) is 5.31. The Morgan fingerprint density at radius 1 is 1.11 bits per heavy atom. The first-order chi connectivity index (χ1) is 3.79. The summed E-state index contributed by atoms with van der Waals surface area (Å²) in [5.41, 5.74) is 0. The molecule has 0 saturated heterocycles. The molecule has 0 heterocycles. The Labute approximate surface area is 54.0 Å². The summed E-state index contributed by atoms with van der Waals surface area (Å²) >= 11 is 0. The first kappa shape index (κ1) is 8.85. The van der Waals surface area contributed by atoms with E-state index in [1.807, 2.05) is 0 Å². The maximum Gasteiger partial charge on any atom is 0.100 e. The summed E-state index contributed by atoms with van der Waals surface area (Å²) in [6, 6.07) is 0. The summed E-state index contributed by atoms with van der Waals surface area (Å²) in [6.45, 7) is 0. The van der Waals surface area contributed by atoms with Crippen molar-refractivity contribution in [2.75, 3.05) is 0 Å². The summed E-state index contributed by atoms with van der Waals surface area (Å²) in [4.78, 5) is 0. The van der Waals surface area contributed by atoms with Crippen LogP contribution in [-0.2, 0) is 0 Å². The highest BCUT2D eigenvalue weighted by Crippen LogP contribution is 2.20. The molecule has 0 atom stereocenters. The maximum atomic E-state index is 12.2. The topological polar surface area (TPSA) is 51.7 Å². The third-order valence-electron chi connectivity index (χ3n) is 1.63. The third-order valence-corrected chi connectivity index (χ3v) is 1.63. The van der Waals surface area contributed by atoms with Gasteiger partial charge < -0.3 is 10.6 Å². The molecule has 0 spiro atoms. The standard InChI is InChI=1S/C6H11FO.H2O/c7-5-1-3-6(8)4-2-5;/h5-6,8H,1-4H2;1H2. The maximum absolute atomic E-state index is 12.2. The molecule has 9 heavy (non-hydrogen) atoms. The number of aliphatic hydroxyl groups excluding tert-OH is 1. The molecular formula is C6H13FO2. The minimum absolute atomic E-state index is 0. The van der Waals surface area contributed by atoms with E-state index >= 15 is 0 Å². The van der Waals surface area contributed by atoms with Gasteiger partial charge in [-0.25, -0.2) is 4.39 Å². The molecule has 56 valence electrons. The van der Waals surface area contributed by atoms with E-state index in [0.29, 0.717) is 25.7 Å². The first-order valence-electron chi connectivity index (χ1n) is 3.11. The highest BCUT2D eigenvalue weighted by Gasteiger charge is 2.17. The summed E-state index contributed by atoms with van der Waals surface area (Å²) in [6.07, 6.45) is 1.56. The average molecular weight is 136 g/mol. The second kappa shape index (κ2) is 3.80. The van der Waals surface area contributed by atoms with Crippen molar-refractivity contribution in [3.05, 3.63) is 0 Å². The summed E-state index contributed by atoms with van der Waals surface area (Å²) in [7, 11) is 0. The average Bonchev–Trinajstić information content (AvgIpc) is 1.77. The molecule has 0 unspecified atom stereocenters. The van der Waals surface area contributed by atoms with Crippen LogP contribution >= 0.6 is 0 Å². The van der Waals surface area contributed by atoms with Crippen molar-refractivity contribution in [1.82, 2.24) is 0 Å². The van der Waals surface area contributed by atoms with Crippen molar-refractivity contribution in [3.8, 4) is 0 Å². The lowest BCUT2D eigenvalue weighted by Gasteiger charge is -2.18. The van der Waals surface area contributed by atoms with E-state index in [0.717, 1.165) is 0 Å². The molecule has 3 heteroatoms. The predicted molar refractivity (Wildman–Crippen MR) is 33.0 cm³/mol. The molecule has 0 aromatic rings. The fourth-order valence-electron chi connectivity index (χ4n) is 1.04. The lowest BCUT2D eigenvalue weighted by molar-refractivity contribution is 0.0940. The first-order valence-corrected chi connectivity index (χ1v) is 3.11. The summed E-state index contributed by atoms with van der Waals surface area (Å²) in [5.74, 6) is 0. The quantitative estimate of drug-likeness (QED) is 0.516. The monoisotopic (exact) mass is 136 g/mol. The Balaban J connectivity index is 0.000000640. The van der Waals surface area contributed by atoms with Gasteiger partial charge in [-0.2, -0.15) is 0 Å². The Kier molecular flexibility index (Phi) is 3.73. The van der Waals surface area contributed by atoms with Crippen molar-refractivity contribution in [3.63, 3.8) is 0 Å². The molecule has 0 amide bonds. The van der Waals surface area contributed by atoms with Crippen LogP contribution in [0.3, 0.4) is 0 Å². The van der Waals surface area contributed by atoms with E-state index in [2.05, 4.69) is 0 Å². The lowest BCUT2D eigenvalue weighted by atomic mass is 9.96. The molecule has 0 radical (unpaired) electrons. The third kappa shape index (κ3) is 2.77.